The second-order valence-electron chi connectivity index (χ2n) is 4.37. The van der Waals surface area contributed by atoms with Crippen molar-refractivity contribution in [2.75, 3.05) is 32.5 Å². The topological polar surface area (TPSA) is 74.3 Å². The molecule has 0 bridgehead atoms. The first-order valence-electron chi connectivity index (χ1n) is 6.33. The van der Waals surface area contributed by atoms with Crippen molar-refractivity contribution >= 4 is 58.4 Å². The molecular formula is C13H21BrCl2N4O2. The van der Waals surface area contributed by atoms with Crippen LogP contribution in [0.1, 0.15) is 12.8 Å². The second kappa shape index (κ2) is 12.6. The highest BCUT2D eigenvalue weighted by molar-refractivity contribution is 9.10. The highest BCUT2D eigenvalue weighted by Crippen LogP contribution is 2.10. The molecule has 0 saturated carbocycles. The molecular weight excluding hydrogens is 395 g/mol. The van der Waals surface area contributed by atoms with Crippen molar-refractivity contribution in [2.24, 2.45) is 0 Å². The van der Waals surface area contributed by atoms with E-state index < -0.39 is 0 Å². The number of carbonyl (C=O) groups excluding carboxylic acids is 2. The van der Waals surface area contributed by atoms with Gasteiger partial charge in [0.1, 0.15) is 5.82 Å². The molecule has 0 aromatic carbocycles. The van der Waals surface area contributed by atoms with Gasteiger partial charge in [0, 0.05) is 24.1 Å². The highest BCUT2D eigenvalue weighted by Gasteiger charge is 2.12. The summed E-state index contributed by atoms with van der Waals surface area (Å²) in [7, 11) is 3.46. The van der Waals surface area contributed by atoms with Gasteiger partial charge in [-0.3, -0.25) is 9.59 Å². The average molecular weight is 416 g/mol. The summed E-state index contributed by atoms with van der Waals surface area (Å²) in [5, 5.41) is 5.62. The van der Waals surface area contributed by atoms with Crippen molar-refractivity contribution in [3.05, 3.63) is 22.8 Å². The Morgan fingerprint density at radius 1 is 1.32 bits per heavy atom. The van der Waals surface area contributed by atoms with Gasteiger partial charge in [-0.25, -0.2) is 4.98 Å². The minimum atomic E-state index is -0.260. The fourth-order valence-electron chi connectivity index (χ4n) is 1.54. The Bertz CT molecular complexity index is 460. The van der Waals surface area contributed by atoms with E-state index in [-0.39, 0.29) is 43.2 Å². The number of hydrogen-bond donors (Lipinski definition) is 2. The molecule has 0 fully saturated rings. The van der Waals surface area contributed by atoms with E-state index in [1.165, 1.54) is 4.90 Å². The number of halogens is 3. The Hall–Kier alpha value is -0.890. The molecule has 0 atom stereocenters. The van der Waals surface area contributed by atoms with Gasteiger partial charge >= 0.3 is 0 Å². The van der Waals surface area contributed by atoms with Crippen molar-refractivity contribution in [3.8, 4) is 0 Å². The number of carbonyl (C=O) groups is 2. The molecule has 1 aromatic heterocycles. The minimum Gasteiger partial charge on any atom is -0.336 e. The number of pyridine rings is 1. The fraction of sp³-hybridized carbons (Fsp3) is 0.462. The molecule has 0 aliphatic heterocycles. The van der Waals surface area contributed by atoms with E-state index in [9.17, 15) is 9.59 Å². The van der Waals surface area contributed by atoms with Crippen molar-refractivity contribution < 1.29 is 9.59 Å². The largest absolute Gasteiger partial charge is 0.336 e. The van der Waals surface area contributed by atoms with Gasteiger partial charge in [0.15, 0.2) is 0 Å². The molecule has 2 N–H and O–H groups in total. The lowest BCUT2D eigenvalue weighted by atomic mass is 10.3. The van der Waals surface area contributed by atoms with Crippen LogP contribution in [0.25, 0.3) is 0 Å². The van der Waals surface area contributed by atoms with E-state index >= 15 is 0 Å². The predicted octanol–water partition coefficient (Wildman–Crippen LogP) is 2.08. The molecule has 126 valence electrons. The summed E-state index contributed by atoms with van der Waals surface area (Å²) in [6.07, 6.45) is 2.79. The molecule has 0 saturated heterocycles. The number of likely N-dealkylation sites (N-methyl/N-ethyl adjacent to an activating group) is 1. The number of nitrogens with zero attached hydrogens (tertiary/aromatic N) is 2. The van der Waals surface area contributed by atoms with Crippen LogP contribution in [0.5, 0.6) is 0 Å². The summed E-state index contributed by atoms with van der Waals surface area (Å²) in [5.74, 6) is 0.165. The summed E-state index contributed by atoms with van der Waals surface area (Å²) >= 11 is 3.27. The molecule has 0 radical (unpaired) electrons. The van der Waals surface area contributed by atoms with E-state index in [2.05, 4.69) is 31.5 Å². The van der Waals surface area contributed by atoms with Crippen LogP contribution >= 0.6 is 40.7 Å². The number of nitrogens with one attached hydrogen (secondary N) is 2. The molecule has 0 aliphatic rings. The van der Waals surface area contributed by atoms with Gasteiger partial charge in [0.05, 0.1) is 6.54 Å². The van der Waals surface area contributed by atoms with Crippen LogP contribution in [0, 0.1) is 0 Å². The number of rotatable bonds is 7. The summed E-state index contributed by atoms with van der Waals surface area (Å²) in [4.78, 5) is 29.0. The summed E-state index contributed by atoms with van der Waals surface area (Å²) in [6, 6.07) is 3.48. The van der Waals surface area contributed by atoms with Gasteiger partial charge in [-0.15, -0.1) is 24.8 Å². The smallest absolute Gasteiger partial charge is 0.245 e. The molecule has 2 amide bonds. The SMILES string of the molecule is CNCCCC(=O)N(C)CC(=O)Nc1ccc(Br)cn1.Cl.Cl. The van der Waals surface area contributed by atoms with E-state index in [0.29, 0.717) is 12.2 Å². The van der Waals surface area contributed by atoms with Crippen LogP contribution in [0.15, 0.2) is 22.8 Å². The minimum absolute atomic E-state index is 0. The fourth-order valence-corrected chi connectivity index (χ4v) is 1.78. The molecule has 0 aliphatic carbocycles. The standard InChI is InChI=1S/C13H19BrN4O2.2ClH/c1-15-7-3-4-13(20)18(2)9-12(19)17-11-6-5-10(14)8-16-11;;/h5-6,8,15H,3-4,7,9H2,1-2H3,(H,16,17,19);2*1H. The van der Waals surface area contributed by atoms with Crippen LogP contribution in [-0.4, -0.2) is 48.9 Å². The van der Waals surface area contributed by atoms with Crippen molar-refractivity contribution in [2.45, 2.75) is 12.8 Å². The van der Waals surface area contributed by atoms with E-state index in [4.69, 9.17) is 0 Å². The Morgan fingerprint density at radius 2 is 2.00 bits per heavy atom. The maximum Gasteiger partial charge on any atom is 0.245 e. The maximum atomic E-state index is 11.8. The van der Waals surface area contributed by atoms with E-state index in [0.717, 1.165) is 17.4 Å². The van der Waals surface area contributed by atoms with Crippen molar-refractivity contribution in [1.29, 1.82) is 0 Å². The van der Waals surface area contributed by atoms with Gasteiger partial charge in [-0.1, -0.05) is 0 Å². The lowest BCUT2D eigenvalue weighted by molar-refractivity contribution is -0.133. The number of aromatic nitrogens is 1. The third-order valence-corrected chi connectivity index (χ3v) is 3.09. The van der Waals surface area contributed by atoms with Crippen molar-refractivity contribution in [1.82, 2.24) is 15.2 Å². The Kier molecular flexibility index (Phi) is 13.4. The monoisotopic (exact) mass is 414 g/mol. The van der Waals surface area contributed by atoms with Crippen LogP contribution in [0.3, 0.4) is 0 Å². The summed E-state index contributed by atoms with van der Waals surface area (Å²) in [6.45, 7) is 0.810. The lowest BCUT2D eigenvalue weighted by Crippen LogP contribution is -2.35. The number of hydrogen-bond acceptors (Lipinski definition) is 4. The number of amides is 2. The summed E-state index contributed by atoms with van der Waals surface area (Å²) in [5.41, 5.74) is 0. The highest BCUT2D eigenvalue weighted by atomic mass is 79.9. The molecule has 9 heteroatoms. The molecule has 22 heavy (non-hydrogen) atoms. The zero-order valence-corrected chi connectivity index (χ0v) is 15.7. The van der Waals surface area contributed by atoms with Gasteiger partial charge in [-0.2, -0.15) is 0 Å². The first-order chi connectivity index (χ1) is 9.52. The molecule has 0 spiro atoms. The third kappa shape index (κ3) is 9.19. The zero-order valence-electron chi connectivity index (χ0n) is 12.5. The van der Waals surface area contributed by atoms with Crippen LogP contribution in [0.2, 0.25) is 0 Å². The van der Waals surface area contributed by atoms with E-state index in [1.807, 2.05) is 7.05 Å². The molecule has 0 unspecified atom stereocenters. The third-order valence-electron chi connectivity index (χ3n) is 2.62. The molecule has 1 rings (SSSR count). The molecule has 6 nitrogen and oxygen atoms in total. The average Bonchev–Trinajstić information content (AvgIpc) is 2.41. The zero-order chi connectivity index (χ0) is 15.0. The Labute approximate surface area is 151 Å². The van der Waals surface area contributed by atoms with Gasteiger partial charge in [0.2, 0.25) is 11.8 Å². The maximum absolute atomic E-state index is 11.8. The van der Waals surface area contributed by atoms with Crippen LogP contribution in [0.4, 0.5) is 5.82 Å². The predicted molar refractivity (Wildman–Crippen MR) is 95.9 cm³/mol. The first kappa shape index (κ1) is 23.4. The van der Waals surface area contributed by atoms with Crippen LogP contribution in [-0.2, 0) is 9.59 Å². The van der Waals surface area contributed by atoms with Crippen molar-refractivity contribution in [3.63, 3.8) is 0 Å². The lowest BCUT2D eigenvalue weighted by Gasteiger charge is -2.16. The normalized spacial score (nSPS) is 9.23. The van der Waals surface area contributed by atoms with Gasteiger partial charge < -0.3 is 15.5 Å². The van der Waals surface area contributed by atoms with Crippen LogP contribution < -0.4 is 10.6 Å². The Balaban J connectivity index is 0. The van der Waals surface area contributed by atoms with E-state index in [1.54, 1.807) is 25.4 Å². The molecule has 1 heterocycles. The van der Waals surface area contributed by atoms with Gasteiger partial charge in [-0.05, 0) is 48.1 Å². The second-order valence-corrected chi connectivity index (χ2v) is 5.28. The number of anilines is 1. The van der Waals surface area contributed by atoms with Gasteiger partial charge in [0.25, 0.3) is 0 Å². The Morgan fingerprint density at radius 3 is 2.55 bits per heavy atom. The quantitative estimate of drug-likeness (QED) is 0.668. The molecule has 1 aromatic rings. The summed E-state index contributed by atoms with van der Waals surface area (Å²) < 4.78 is 0.840. The first-order valence-corrected chi connectivity index (χ1v) is 7.12.